The minimum absolute atomic E-state index is 0.920. The molecule has 4 rings (SSSR count). The van der Waals surface area contributed by atoms with Gasteiger partial charge in [0, 0.05) is 11.1 Å². The molecule has 102 valence electrons. The Morgan fingerprint density at radius 3 is 2.81 bits per heavy atom. The van der Waals surface area contributed by atoms with E-state index in [-0.39, 0.29) is 0 Å². The SMILES string of the molecule is c1ccc2c(CSc3ncnc4sccc34)cccc2c1. The first-order chi connectivity index (χ1) is 10.4. The van der Waals surface area contributed by atoms with Crippen LogP contribution in [-0.2, 0) is 5.75 Å². The zero-order valence-electron chi connectivity index (χ0n) is 11.2. The predicted molar refractivity (Wildman–Crippen MR) is 90.9 cm³/mol. The summed E-state index contributed by atoms with van der Waals surface area (Å²) in [6, 6.07) is 17.1. The van der Waals surface area contributed by atoms with Gasteiger partial charge < -0.3 is 0 Å². The second-order valence-corrected chi connectivity index (χ2v) is 6.60. The van der Waals surface area contributed by atoms with Gasteiger partial charge >= 0.3 is 0 Å². The highest BCUT2D eigenvalue weighted by atomic mass is 32.2. The molecule has 0 N–H and O–H groups in total. The minimum atomic E-state index is 0.920. The highest BCUT2D eigenvalue weighted by Gasteiger charge is 2.07. The molecule has 4 heteroatoms. The van der Waals surface area contributed by atoms with Crippen LogP contribution in [0.25, 0.3) is 21.0 Å². The van der Waals surface area contributed by atoms with Gasteiger partial charge in [-0.1, -0.05) is 42.5 Å². The lowest BCUT2D eigenvalue weighted by atomic mass is 10.1. The van der Waals surface area contributed by atoms with Crippen LogP contribution in [0.1, 0.15) is 5.56 Å². The van der Waals surface area contributed by atoms with E-state index in [1.54, 1.807) is 29.4 Å². The lowest BCUT2D eigenvalue weighted by Gasteiger charge is -2.06. The molecule has 0 bridgehead atoms. The van der Waals surface area contributed by atoms with Crippen molar-refractivity contribution in [3.8, 4) is 0 Å². The fraction of sp³-hybridized carbons (Fsp3) is 0.0588. The molecule has 0 unspecified atom stereocenters. The van der Waals surface area contributed by atoms with E-state index in [0.29, 0.717) is 0 Å². The Balaban J connectivity index is 1.68. The van der Waals surface area contributed by atoms with Crippen molar-refractivity contribution in [3.05, 3.63) is 65.8 Å². The first-order valence-corrected chi connectivity index (χ1v) is 8.56. The summed E-state index contributed by atoms with van der Waals surface area (Å²) in [4.78, 5) is 9.79. The van der Waals surface area contributed by atoms with Gasteiger partial charge in [0.05, 0.1) is 0 Å². The monoisotopic (exact) mass is 308 g/mol. The summed E-state index contributed by atoms with van der Waals surface area (Å²) in [5.41, 5.74) is 1.35. The average molecular weight is 308 g/mol. The van der Waals surface area contributed by atoms with Crippen LogP contribution in [0, 0.1) is 0 Å². The Hall–Kier alpha value is -1.91. The van der Waals surface area contributed by atoms with Crippen molar-refractivity contribution in [2.24, 2.45) is 0 Å². The van der Waals surface area contributed by atoms with E-state index in [2.05, 4.69) is 63.9 Å². The number of nitrogens with zero attached hydrogens (tertiary/aromatic N) is 2. The maximum Gasteiger partial charge on any atom is 0.127 e. The zero-order chi connectivity index (χ0) is 14.1. The average Bonchev–Trinajstić information content (AvgIpc) is 3.02. The molecule has 21 heavy (non-hydrogen) atoms. The molecular weight excluding hydrogens is 296 g/mol. The largest absolute Gasteiger partial charge is 0.229 e. The molecule has 0 spiro atoms. The molecule has 0 saturated heterocycles. The van der Waals surface area contributed by atoms with Gasteiger partial charge in [0.1, 0.15) is 16.2 Å². The Morgan fingerprint density at radius 1 is 0.905 bits per heavy atom. The van der Waals surface area contributed by atoms with E-state index in [1.807, 2.05) is 0 Å². The second kappa shape index (κ2) is 5.47. The molecular formula is C17H12N2S2. The van der Waals surface area contributed by atoms with Crippen LogP contribution in [0.2, 0.25) is 0 Å². The highest BCUT2D eigenvalue weighted by molar-refractivity contribution is 7.98. The molecule has 0 atom stereocenters. The van der Waals surface area contributed by atoms with Crippen molar-refractivity contribution in [1.29, 1.82) is 0 Å². The minimum Gasteiger partial charge on any atom is -0.229 e. The van der Waals surface area contributed by atoms with Gasteiger partial charge in [0.25, 0.3) is 0 Å². The predicted octanol–water partition coefficient (Wildman–Crippen LogP) is 5.14. The number of thiophene rings is 1. The van der Waals surface area contributed by atoms with Crippen LogP contribution in [0.5, 0.6) is 0 Å². The van der Waals surface area contributed by atoms with Crippen LogP contribution >= 0.6 is 23.1 Å². The maximum atomic E-state index is 4.43. The molecule has 0 fully saturated rings. The zero-order valence-corrected chi connectivity index (χ0v) is 12.8. The van der Waals surface area contributed by atoms with Crippen LogP contribution < -0.4 is 0 Å². The molecule has 0 radical (unpaired) electrons. The van der Waals surface area contributed by atoms with Crippen LogP contribution in [0.4, 0.5) is 0 Å². The second-order valence-electron chi connectivity index (χ2n) is 4.75. The first kappa shape index (κ1) is 12.8. The molecule has 0 saturated carbocycles. The van der Waals surface area contributed by atoms with Crippen molar-refractivity contribution in [2.75, 3.05) is 0 Å². The van der Waals surface area contributed by atoms with Crippen molar-refractivity contribution >= 4 is 44.1 Å². The lowest BCUT2D eigenvalue weighted by Crippen LogP contribution is -1.87. The molecule has 0 aliphatic carbocycles. The summed E-state index contributed by atoms with van der Waals surface area (Å²) in [6.45, 7) is 0. The standard InChI is InChI=1S/C17H12N2S2/c1-2-7-14-12(4-1)5-3-6-13(14)10-21-17-15-8-9-20-16(15)18-11-19-17/h1-9,11H,10H2. The van der Waals surface area contributed by atoms with Crippen molar-refractivity contribution in [3.63, 3.8) is 0 Å². The molecule has 4 aromatic rings. The highest BCUT2D eigenvalue weighted by Crippen LogP contribution is 2.31. The third kappa shape index (κ3) is 2.41. The summed E-state index contributed by atoms with van der Waals surface area (Å²) < 4.78 is 0. The molecule has 2 nitrogen and oxygen atoms in total. The van der Waals surface area contributed by atoms with Gasteiger partial charge in [-0.3, -0.25) is 0 Å². The fourth-order valence-corrected chi connectivity index (χ4v) is 4.23. The van der Waals surface area contributed by atoms with Crippen LogP contribution in [0.3, 0.4) is 0 Å². The van der Waals surface area contributed by atoms with Gasteiger partial charge in [-0.2, -0.15) is 0 Å². The molecule has 0 amide bonds. The fourth-order valence-electron chi connectivity index (χ4n) is 2.45. The summed E-state index contributed by atoms with van der Waals surface area (Å²) in [5.74, 6) is 0.920. The number of benzene rings is 2. The number of fused-ring (bicyclic) bond motifs is 2. The number of hydrogen-bond donors (Lipinski definition) is 0. The smallest absolute Gasteiger partial charge is 0.127 e. The van der Waals surface area contributed by atoms with Gasteiger partial charge in [0.2, 0.25) is 0 Å². The van der Waals surface area contributed by atoms with Gasteiger partial charge in [-0.15, -0.1) is 23.1 Å². The van der Waals surface area contributed by atoms with Crippen molar-refractivity contribution in [1.82, 2.24) is 9.97 Å². The number of rotatable bonds is 3. The normalized spacial score (nSPS) is 11.2. The topological polar surface area (TPSA) is 25.8 Å². The summed E-state index contributed by atoms with van der Waals surface area (Å²) in [5, 5.41) is 6.91. The molecule has 0 aliphatic heterocycles. The molecule has 2 heterocycles. The van der Waals surface area contributed by atoms with E-state index in [4.69, 9.17) is 0 Å². The molecule has 0 aliphatic rings. The Bertz CT molecular complexity index is 909. The Labute approximate surface area is 130 Å². The van der Waals surface area contributed by atoms with Gasteiger partial charge in [-0.05, 0) is 27.8 Å². The summed E-state index contributed by atoms with van der Waals surface area (Å²) in [7, 11) is 0. The number of thioether (sulfide) groups is 1. The quantitative estimate of drug-likeness (QED) is 0.387. The molecule has 2 aromatic carbocycles. The summed E-state index contributed by atoms with van der Waals surface area (Å²) in [6.07, 6.45) is 1.66. The third-order valence-electron chi connectivity index (χ3n) is 3.47. The van der Waals surface area contributed by atoms with E-state index in [9.17, 15) is 0 Å². The maximum absolute atomic E-state index is 4.43. The number of aromatic nitrogens is 2. The first-order valence-electron chi connectivity index (χ1n) is 6.69. The Morgan fingerprint density at radius 2 is 1.81 bits per heavy atom. The van der Waals surface area contributed by atoms with Crippen molar-refractivity contribution in [2.45, 2.75) is 10.8 Å². The summed E-state index contributed by atoms with van der Waals surface area (Å²) >= 11 is 3.44. The van der Waals surface area contributed by atoms with Crippen LogP contribution in [-0.4, -0.2) is 9.97 Å². The van der Waals surface area contributed by atoms with E-state index in [0.717, 1.165) is 21.0 Å². The lowest BCUT2D eigenvalue weighted by molar-refractivity contribution is 1.11. The molecule has 2 aromatic heterocycles. The third-order valence-corrected chi connectivity index (χ3v) is 5.34. The van der Waals surface area contributed by atoms with E-state index in [1.165, 1.54) is 16.3 Å². The Kier molecular flexibility index (Phi) is 3.33. The van der Waals surface area contributed by atoms with Crippen molar-refractivity contribution < 1.29 is 0 Å². The van der Waals surface area contributed by atoms with Gasteiger partial charge in [-0.25, -0.2) is 9.97 Å². The van der Waals surface area contributed by atoms with E-state index < -0.39 is 0 Å². The van der Waals surface area contributed by atoms with Crippen LogP contribution in [0.15, 0.2) is 65.3 Å². The van der Waals surface area contributed by atoms with E-state index >= 15 is 0 Å². The number of hydrogen-bond acceptors (Lipinski definition) is 4. The van der Waals surface area contributed by atoms with Gasteiger partial charge in [0.15, 0.2) is 0 Å².